The van der Waals surface area contributed by atoms with Crippen molar-refractivity contribution in [2.45, 2.75) is 50.8 Å². The van der Waals surface area contributed by atoms with E-state index in [1.807, 2.05) is 83.9 Å². The van der Waals surface area contributed by atoms with Crippen LogP contribution in [0.3, 0.4) is 0 Å². The molecule has 0 fully saturated rings. The van der Waals surface area contributed by atoms with Crippen LogP contribution in [0, 0.1) is 13.8 Å². The number of nitrogens with zero attached hydrogens (tertiary/aromatic N) is 6. The number of likely N-dealkylation sites (N-methyl/N-ethyl adjacent to an activating group) is 1. The Morgan fingerprint density at radius 1 is 0.639 bits per heavy atom. The van der Waals surface area contributed by atoms with Gasteiger partial charge < -0.3 is 30.2 Å². The van der Waals surface area contributed by atoms with Gasteiger partial charge in [0.2, 0.25) is 0 Å². The van der Waals surface area contributed by atoms with E-state index in [0.29, 0.717) is 13.1 Å². The fourth-order valence-corrected chi connectivity index (χ4v) is 5.13. The van der Waals surface area contributed by atoms with E-state index in [1.54, 1.807) is 0 Å². The molecule has 0 saturated heterocycles. The lowest BCUT2D eigenvalue weighted by Crippen LogP contribution is -2.35. The van der Waals surface area contributed by atoms with Gasteiger partial charge in [-0.3, -0.25) is 14.3 Å². The van der Waals surface area contributed by atoms with E-state index < -0.39 is 0 Å². The molecule has 36 heavy (non-hydrogen) atoms. The zero-order valence-corrected chi connectivity index (χ0v) is 23.1. The smallest absolute Gasteiger partial charge is 0.0628 e. The Balaban J connectivity index is 1.64. The SMILES string of the molecule is CCN(CC)CCN(Cc1c(C)nn(-c2ccccc2)c1[S-])Cc1c(C)nn(-c2ccccc2)c1[S-]. The third-order valence-corrected chi connectivity index (χ3v) is 7.51. The van der Waals surface area contributed by atoms with Crippen molar-refractivity contribution in [2.24, 2.45) is 0 Å². The van der Waals surface area contributed by atoms with Gasteiger partial charge in [-0.05, 0) is 62.3 Å². The summed E-state index contributed by atoms with van der Waals surface area (Å²) in [5.41, 5.74) is 6.08. The van der Waals surface area contributed by atoms with Gasteiger partial charge in [0, 0.05) is 26.2 Å². The van der Waals surface area contributed by atoms with E-state index in [1.165, 1.54) is 0 Å². The molecule has 0 N–H and O–H groups in total. The van der Waals surface area contributed by atoms with Crippen molar-refractivity contribution in [2.75, 3.05) is 26.2 Å². The Labute approximate surface area is 225 Å². The summed E-state index contributed by atoms with van der Waals surface area (Å²) >= 11 is 11.8. The van der Waals surface area contributed by atoms with Gasteiger partial charge >= 0.3 is 0 Å². The molecule has 0 bridgehead atoms. The predicted octanol–water partition coefficient (Wildman–Crippen LogP) is 4.83. The van der Waals surface area contributed by atoms with Crippen molar-refractivity contribution in [3.8, 4) is 11.4 Å². The molecule has 0 spiro atoms. The minimum Gasteiger partial charge on any atom is -0.760 e. The van der Waals surface area contributed by atoms with Crippen LogP contribution in [0.4, 0.5) is 0 Å². The van der Waals surface area contributed by atoms with E-state index in [-0.39, 0.29) is 0 Å². The third kappa shape index (κ3) is 5.78. The van der Waals surface area contributed by atoms with Gasteiger partial charge in [-0.15, -0.1) is 0 Å². The molecule has 190 valence electrons. The Kier molecular flexibility index (Phi) is 8.74. The van der Waals surface area contributed by atoms with Gasteiger partial charge in [0.05, 0.1) is 22.8 Å². The average Bonchev–Trinajstić information content (AvgIpc) is 3.35. The normalized spacial score (nSPS) is 11.6. The van der Waals surface area contributed by atoms with Crippen molar-refractivity contribution < 1.29 is 0 Å². The van der Waals surface area contributed by atoms with Crippen LogP contribution in [0.1, 0.15) is 36.4 Å². The summed E-state index contributed by atoms with van der Waals surface area (Å²) in [4.78, 5) is 4.87. The highest BCUT2D eigenvalue weighted by Gasteiger charge is 2.17. The maximum absolute atomic E-state index is 5.91. The summed E-state index contributed by atoms with van der Waals surface area (Å²) < 4.78 is 3.75. The van der Waals surface area contributed by atoms with Gasteiger partial charge in [0.15, 0.2) is 0 Å². The summed E-state index contributed by atoms with van der Waals surface area (Å²) in [6.45, 7) is 13.9. The molecular weight excluding hydrogens is 484 g/mol. The van der Waals surface area contributed by atoms with Crippen molar-refractivity contribution in [3.63, 3.8) is 0 Å². The first-order valence-electron chi connectivity index (χ1n) is 12.5. The first kappa shape index (κ1) is 26.3. The van der Waals surface area contributed by atoms with Crippen LogP contribution in [-0.2, 0) is 38.3 Å². The molecule has 4 aromatic rings. The molecule has 0 unspecified atom stereocenters. The zero-order chi connectivity index (χ0) is 25.7. The molecule has 0 saturated carbocycles. The van der Waals surface area contributed by atoms with Crippen LogP contribution in [0.2, 0.25) is 0 Å². The molecule has 0 atom stereocenters. The minimum atomic E-state index is 0.712. The van der Waals surface area contributed by atoms with Crippen LogP contribution in [-0.4, -0.2) is 55.5 Å². The van der Waals surface area contributed by atoms with Gasteiger partial charge in [-0.1, -0.05) is 60.3 Å². The standard InChI is InChI=1S/C28H36N6S2/c1-5-31(6-2)17-18-32(19-25-21(3)29-33(27(25)35)23-13-9-7-10-14-23)20-26-22(4)30-34(28(26)36)24-15-11-8-12-16-24/h7-16,35-36H,5-6,17-20H2,1-4H3/p-2. The molecular formula is C28H34N6S2-2. The number of aromatic nitrogens is 4. The summed E-state index contributed by atoms with van der Waals surface area (Å²) in [6, 6.07) is 20.2. The Hall–Kier alpha value is -2.78. The molecule has 4 rings (SSSR count). The lowest BCUT2D eigenvalue weighted by Gasteiger charge is -2.28. The number of para-hydroxylation sites is 2. The van der Waals surface area contributed by atoms with Crippen LogP contribution in [0.25, 0.3) is 11.4 Å². The highest BCUT2D eigenvalue weighted by atomic mass is 32.1. The summed E-state index contributed by atoms with van der Waals surface area (Å²) in [5.74, 6) is 0. The van der Waals surface area contributed by atoms with Crippen molar-refractivity contribution in [3.05, 3.63) is 83.2 Å². The lowest BCUT2D eigenvalue weighted by atomic mass is 10.2. The summed E-state index contributed by atoms with van der Waals surface area (Å²) in [5, 5.41) is 11.1. The van der Waals surface area contributed by atoms with E-state index in [9.17, 15) is 0 Å². The summed E-state index contributed by atoms with van der Waals surface area (Å²) in [6.07, 6.45) is 0. The zero-order valence-electron chi connectivity index (χ0n) is 21.5. The monoisotopic (exact) mass is 518 g/mol. The molecule has 0 amide bonds. The van der Waals surface area contributed by atoms with Crippen molar-refractivity contribution >= 4 is 25.3 Å². The number of hydrogen-bond acceptors (Lipinski definition) is 6. The second kappa shape index (κ2) is 12.0. The first-order chi connectivity index (χ1) is 17.4. The van der Waals surface area contributed by atoms with Gasteiger partial charge in [-0.2, -0.15) is 10.2 Å². The van der Waals surface area contributed by atoms with E-state index in [0.717, 1.165) is 70.1 Å². The molecule has 6 nitrogen and oxygen atoms in total. The highest BCUT2D eigenvalue weighted by Crippen LogP contribution is 2.24. The first-order valence-corrected chi connectivity index (χ1v) is 13.3. The Bertz CT molecular complexity index is 1170. The molecule has 0 aliphatic rings. The number of rotatable bonds is 11. The van der Waals surface area contributed by atoms with Crippen molar-refractivity contribution in [1.29, 1.82) is 0 Å². The van der Waals surface area contributed by atoms with Gasteiger partial charge in [-0.25, -0.2) is 0 Å². The molecule has 8 heteroatoms. The minimum absolute atomic E-state index is 0.712. The molecule has 0 radical (unpaired) electrons. The average molecular weight is 519 g/mol. The van der Waals surface area contributed by atoms with Gasteiger partial charge in [0.1, 0.15) is 0 Å². The molecule has 0 aliphatic carbocycles. The molecule has 2 aromatic carbocycles. The number of hydrogen-bond donors (Lipinski definition) is 0. The highest BCUT2D eigenvalue weighted by molar-refractivity contribution is 7.58. The number of aryl methyl sites for hydroxylation is 2. The predicted molar refractivity (Wildman–Crippen MR) is 150 cm³/mol. The Morgan fingerprint density at radius 2 is 1.03 bits per heavy atom. The molecule has 2 heterocycles. The fraction of sp³-hybridized carbons (Fsp3) is 0.357. The summed E-state index contributed by atoms with van der Waals surface area (Å²) in [7, 11) is 0. The van der Waals surface area contributed by atoms with Crippen molar-refractivity contribution in [1.82, 2.24) is 29.4 Å². The van der Waals surface area contributed by atoms with Crippen LogP contribution >= 0.6 is 0 Å². The maximum atomic E-state index is 5.91. The second-order valence-electron chi connectivity index (χ2n) is 8.97. The molecule has 2 aromatic heterocycles. The van der Waals surface area contributed by atoms with E-state index in [2.05, 4.69) is 23.6 Å². The van der Waals surface area contributed by atoms with E-state index in [4.69, 9.17) is 35.5 Å². The Morgan fingerprint density at radius 3 is 1.42 bits per heavy atom. The van der Waals surface area contributed by atoms with Crippen LogP contribution in [0.15, 0.2) is 70.7 Å². The largest absolute Gasteiger partial charge is 0.760 e. The molecule has 0 aliphatic heterocycles. The van der Waals surface area contributed by atoms with Crippen LogP contribution < -0.4 is 0 Å². The third-order valence-electron chi connectivity index (χ3n) is 6.67. The van der Waals surface area contributed by atoms with E-state index >= 15 is 0 Å². The lowest BCUT2D eigenvalue weighted by molar-refractivity contribution is 0.199. The fourth-order valence-electron chi connectivity index (χ4n) is 4.41. The maximum Gasteiger partial charge on any atom is 0.0628 e. The quantitative estimate of drug-likeness (QED) is 0.265. The topological polar surface area (TPSA) is 42.1 Å². The van der Waals surface area contributed by atoms with Gasteiger partial charge in [0.25, 0.3) is 0 Å². The van der Waals surface area contributed by atoms with Crippen LogP contribution in [0.5, 0.6) is 0 Å². The number of benzene rings is 2. The second-order valence-corrected chi connectivity index (χ2v) is 9.74.